The molecule has 4 aromatic rings. The van der Waals surface area contributed by atoms with E-state index in [9.17, 15) is 9.59 Å². The molecule has 0 fully saturated rings. The van der Waals surface area contributed by atoms with Crippen molar-refractivity contribution in [2.24, 2.45) is 14.1 Å². The second-order valence-electron chi connectivity index (χ2n) is 7.46. The van der Waals surface area contributed by atoms with Crippen LogP contribution in [0.25, 0.3) is 11.2 Å². The number of rotatable bonds is 4. The fourth-order valence-electron chi connectivity index (χ4n) is 3.54. The molecule has 0 aliphatic heterocycles. The Hall–Kier alpha value is -2.84. The topological polar surface area (TPSA) is 71.1 Å². The molecule has 2 heterocycles. The predicted octanol–water partition coefficient (Wildman–Crippen LogP) is 4.31. The molecule has 0 spiro atoms. The van der Waals surface area contributed by atoms with Crippen LogP contribution in [0.15, 0.2) is 50.5 Å². The number of hydrogen-bond acceptors (Lipinski definition) is 4. The number of hydrogen-bond donors (Lipinski definition) is 0. The van der Waals surface area contributed by atoms with Crippen LogP contribution in [0.2, 0.25) is 5.02 Å². The molecule has 0 N–H and O–H groups in total. The third-order valence-electron chi connectivity index (χ3n) is 5.16. The average Bonchev–Trinajstić information content (AvgIpc) is 3.07. The fourth-order valence-corrected chi connectivity index (χ4v) is 4.10. The molecule has 0 aliphatic rings. The van der Waals surface area contributed by atoms with Gasteiger partial charge in [0.25, 0.3) is 5.56 Å². The van der Waals surface area contributed by atoms with E-state index in [1.165, 1.54) is 11.6 Å². The van der Waals surface area contributed by atoms with Gasteiger partial charge in [0.05, 0.1) is 6.54 Å². The number of fused-ring (bicyclic) bond motifs is 1. The summed E-state index contributed by atoms with van der Waals surface area (Å²) in [5.41, 5.74) is 2.36. The first-order chi connectivity index (χ1) is 14.7. The van der Waals surface area contributed by atoms with Crippen LogP contribution < -0.4 is 16.0 Å². The van der Waals surface area contributed by atoms with Crippen molar-refractivity contribution in [1.82, 2.24) is 18.7 Å². The monoisotopic (exact) mass is 502 g/mol. The third kappa shape index (κ3) is 3.81. The summed E-state index contributed by atoms with van der Waals surface area (Å²) in [6.07, 6.45) is 0. The summed E-state index contributed by atoms with van der Waals surface area (Å²) in [7, 11) is 3.04. The van der Waals surface area contributed by atoms with Crippen LogP contribution in [0.3, 0.4) is 0 Å². The van der Waals surface area contributed by atoms with Crippen LogP contribution in [0.4, 0.5) is 0 Å². The predicted molar refractivity (Wildman–Crippen MR) is 124 cm³/mol. The van der Waals surface area contributed by atoms with Gasteiger partial charge < -0.3 is 4.74 Å². The van der Waals surface area contributed by atoms with E-state index < -0.39 is 11.2 Å². The van der Waals surface area contributed by atoms with Gasteiger partial charge >= 0.3 is 11.7 Å². The van der Waals surface area contributed by atoms with Gasteiger partial charge in [0.2, 0.25) is 0 Å². The second-order valence-corrected chi connectivity index (χ2v) is 8.76. The molecule has 4 rings (SSSR count). The molecule has 0 radical (unpaired) electrons. The van der Waals surface area contributed by atoms with E-state index >= 15 is 0 Å². The summed E-state index contributed by atoms with van der Waals surface area (Å²) in [4.78, 5) is 29.9. The smallest absolute Gasteiger partial charge is 0.332 e. The molecular weight excluding hydrogens is 484 g/mol. The zero-order valence-electron chi connectivity index (χ0n) is 17.4. The number of aromatic nitrogens is 4. The zero-order valence-corrected chi connectivity index (χ0v) is 19.8. The first-order valence-corrected chi connectivity index (χ1v) is 10.7. The molecule has 0 saturated carbocycles. The molecule has 2 aromatic carbocycles. The highest BCUT2D eigenvalue weighted by Gasteiger charge is 2.21. The van der Waals surface area contributed by atoms with Crippen molar-refractivity contribution in [3.63, 3.8) is 0 Å². The summed E-state index contributed by atoms with van der Waals surface area (Å²) in [5, 5.41) is 0.672. The molecule has 0 aliphatic carbocycles. The molecule has 0 saturated heterocycles. The zero-order chi connectivity index (χ0) is 22.4. The maximum Gasteiger partial charge on any atom is 0.332 e. The van der Waals surface area contributed by atoms with E-state index in [1.807, 2.05) is 50.2 Å². The van der Waals surface area contributed by atoms with Crippen LogP contribution >= 0.6 is 27.5 Å². The molecule has 2 aromatic heterocycles. The van der Waals surface area contributed by atoms with Crippen molar-refractivity contribution in [3.8, 4) is 11.8 Å². The van der Waals surface area contributed by atoms with Gasteiger partial charge in [-0.05, 0) is 54.8 Å². The Morgan fingerprint density at radius 2 is 1.74 bits per heavy atom. The van der Waals surface area contributed by atoms with Crippen LogP contribution in [-0.4, -0.2) is 18.7 Å². The van der Waals surface area contributed by atoms with Gasteiger partial charge in [0, 0.05) is 23.6 Å². The van der Waals surface area contributed by atoms with Crippen LogP contribution in [0.5, 0.6) is 11.8 Å². The van der Waals surface area contributed by atoms with Crippen LogP contribution in [0, 0.1) is 13.8 Å². The summed E-state index contributed by atoms with van der Waals surface area (Å²) in [6.45, 7) is 4.13. The van der Waals surface area contributed by atoms with Crippen molar-refractivity contribution >= 4 is 38.7 Å². The summed E-state index contributed by atoms with van der Waals surface area (Å²) < 4.78 is 11.1. The van der Waals surface area contributed by atoms with Gasteiger partial charge in [-0.2, -0.15) is 4.98 Å². The first-order valence-electron chi connectivity index (χ1n) is 9.52. The van der Waals surface area contributed by atoms with Gasteiger partial charge in [-0.3, -0.25) is 18.5 Å². The normalized spacial score (nSPS) is 11.3. The van der Waals surface area contributed by atoms with E-state index in [-0.39, 0.29) is 11.7 Å². The third-order valence-corrected chi connectivity index (χ3v) is 6.25. The lowest BCUT2D eigenvalue weighted by molar-refractivity contribution is 0.420. The van der Waals surface area contributed by atoms with E-state index in [4.69, 9.17) is 16.3 Å². The molecule has 31 heavy (non-hydrogen) atoms. The standard InChI is InChI=1S/C22H20BrClN4O3/c1-12-8-16(9-13(2)17(12)24)31-21-25-19-18(20(29)27(4)22(30)26(19)3)28(21)11-14-6-5-7-15(23)10-14/h5-10H,11H2,1-4H3. The minimum Gasteiger partial charge on any atom is -0.425 e. The van der Waals surface area contributed by atoms with Crippen molar-refractivity contribution in [1.29, 1.82) is 0 Å². The van der Waals surface area contributed by atoms with E-state index in [2.05, 4.69) is 20.9 Å². The lowest BCUT2D eigenvalue weighted by Crippen LogP contribution is -2.37. The van der Waals surface area contributed by atoms with Crippen molar-refractivity contribution < 1.29 is 4.74 Å². The number of nitrogens with zero attached hydrogens (tertiary/aromatic N) is 4. The Morgan fingerprint density at radius 1 is 1.06 bits per heavy atom. The number of halogens is 2. The number of ether oxygens (including phenoxy) is 1. The summed E-state index contributed by atoms with van der Waals surface area (Å²) in [6, 6.07) is 11.6. The Kier molecular flexibility index (Phi) is 5.53. The first kappa shape index (κ1) is 21.4. The Bertz CT molecular complexity index is 1430. The van der Waals surface area contributed by atoms with Crippen molar-refractivity contribution in [3.05, 3.63) is 83.4 Å². The highest BCUT2D eigenvalue weighted by atomic mass is 79.9. The lowest BCUT2D eigenvalue weighted by Gasteiger charge is -2.12. The van der Waals surface area contributed by atoms with E-state index in [0.29, 0.717) is 22.8 Å². The number of benzene rings is 2. The summed E-state index contributed by atoms with van der Waals surface area (Å²) in [5.74, 6) is 0.548. The van der Waals surface area contributed by atoms with E-state index in [0.717, 1.165) is 25.7 Å². The van der Waals surface area contributed by atoms with Crippen molar-refractivity contribution in [2.75, 3.05) is 0 Å². The molecule has 160 valence electrons. The minimum atomic E-state index is -0.450. The number of imidazole rings is 1. The summed E-state index contributed by atoms with van der Waals surface area (Å²) >= 11 is 9.76. The Morgan fingerprint density at radius 3 is 2.39 bits per heavy atom. The molecular formula is C22H20BrClN4O3. The largest absolute Gasteiger partial charge is 0.425 e. The molecule has 0 bridgehead atoms. The molecule has 7 nitrogen and oxygen atoms in total. The van der Waals surface area contributed by atoms with Gasteiger partial charge in [0.1, 0.15) is 5.75 Å². The second kappa shape index (κ2) is 8.01. The van der Waals surface area contributed by atoms with Gasteiger partial charge in [0.15, 0.2) is 11.2 Å². The SMILES string of the molecule is Cc1cc(Oc2nc3c(c(=O)n(C)c(=O)n3C)n2Cc2cccc(Br)c2)cc(C)c1Cl. The maximum absolute atomic E-state index is 13.0. The highest BCUT2D eigenvalue weighted by molar-refractivity contribution is 9.10. The Balaban J connectivity index is 1.95. The highest BCUT2D eigenvalue weighted by Crippen LogP contribution is 2.30. The average molecular weight is 504 g/mol. The Labute approximate surface area is 191 Å². The molecule has 9 heteroatoms. The van der Waals surface area contributed by atoms with Crippen LogP contribution in [0.1, 0.15) is 16.7 Å². The maximum atomic E-state index is 13.0. The van der Waals surface area contributed by atoms with Gasteiger partial charge in [-0.25, -0.2) is 4.79 Å². The lowest BCUT2D eigenvalue weighted by atomic mass is 10.1. The van der Waals surface area contributed by atoms with Crippen LogP contribution in [-0.2, 0) is 20.6 Å². The molecule has 0 atom stereocenters. The quantitative estimate of drug-likeness (QED) is 0.416. The molecule has 0 unspecified atom stereocenters. The molecule has 0 amide bonds. The van der Waals surface area contributed by atoms with Gasteiger partial charge in [-0.15, -0.1) is 0 Å². The minimum absolute atomic E-state index is 0.217. The fraction of sp³-hybridized carbons (Fsp3) is 0.227. The van der Waals surface area contributed by atoms with Gasteiger partial charge in [-0.1, -0.05) is 39.7 Å². The number of aryl methyl sites for hydroxylation is 3. The van der Waals surface area contributed by atoms with Crippen molar-refractivity contribution in [2.45, 2.75) is 20.4 Å². The van der Waals surface area contributed by atoms with E-state index in [1.54, 1.807) is 11.6 Å².